The predicted molar refractivity (Wildman–Crippen MR) is 118 cm³/mol. The van der Waals surface area contributed by atoms with Gasteiger partial charge in [0.25, 0.3) is 5.56 Å². The Hall–Kier alpha value is -2.72. The predicted octanol–water partition coefficient (Wildman–Crippen LogP) is 4.01. The average Bonchev–Trinajstić information content (AvgIpc) is 3.42. The van der Waals surface area contributed by atoms with Crippen LogP contribution < -0.4 is 5.56 Å². The topological polar surface area (TPSA) is 100 Å². The molecule has 0 amide bonds. The van der Waals surface area contributed by atoms with E-state index in [2.05, 4.69) is 27.3 Å². The number of rotatable bonds is 10. The third-order valence-electron chi connectivity index (χ3n) is 5.05. The molecule has 0 aliphatic heterocycles. The van der Waals surface area contributed by atoms with Gasteiger partial charge in [-0.2, -0.15) is 4.98 Å². The van der Waals surface area contributed by atoms with E-state index in [0.29, 0.717) is 46.9 Å². The Morgan fingerprint density at radius 3 is 2.84 bits per heavy atom. The number of para-hydroxylation sites is 1. The van der Waals surface area contributed by atoms with E-state index < -0.39 is 0 Å². The first-order valence-electron chi connectivity index (χ1n) is 10.6. The Bertz CT molecular complexity index is 1230. The second-order valence-electron chi connectivity index (χ2n) is 7.23. The summed E-state index contributed by atoms with van der Waals surface area (Å²) in [6, 6.07) is 7.56. The second-order valence-corrected chi connectivity index (χ2v) is 8.17. The number of unbranched alkanes of at least 4 members (excludes halogenated alkanes) is 2. The van der Waals surface area contributed by atoms with Crippen LogP contribution >= 0.6 is 11.8 Å². The highest BCUT2D eigenvalue weighted by atomic mass is 32.2. The van der Waals surface area contributed by atoms with Crippen LogP contribution in [-0.4, -0.2) is 35.9 Å². The summed E-state index contributed by atoms with van der Waals surface area (Å²) in [6.07, 6.45) is 2.84. The third kappa shape index (κ3) is 4.35. The Morgan fingerprint density at radius 2 is 2.03 bits per heavy atom. The van der Waals surface area contributed by atoms with E-state index >= 15 is 0 Å². The molecular weight excluding hydrogens is 416 g/mol. The maximum Gasteiger partial charge on any atom is 0.262 e. The van der Waals surface area contributed by atoms with E-state index in [4.69, 9.17) is 9.26 Å². The lowest BCUT2D eigenvalue weighted by Crippen LogP contribution is -2.23. The van der Waals surface area contributed by atoms with Crippen molar-refractivity contribution in [2.75, 3.05) is 6.61 Å². The summed E-state index contributed by atoms with van der Waals surface area (Å²) in [4.78, 5) is 17.5. The van der Waals surface area contributed by atoms with Gasteiger partial charge < -0.3 is 9.26 Å². The number of nitrogens with zero attached hydrogens (tertiary/aromatic N) is 6. The van der Waals surface area contributed by atoms with Crippen LogP contribution in [0.5, 0.6) is 0 Å². The van der Waals surface area contributed by atoms with Gasteiger partial charge in [0, 0.05) is 13.2 Å². The molecule has 1 unspecified atom stereocenters. The van der Waals surface area contributed by atoms with Crippen molar-refractivity contribution < 1.29 is 9.26 Å². The van der Waals surface area contributed by atoms with Gasteiger partial charge in [-0.15, -0.1) is 10.2 Å². The molecule has 3 heterocycles. The number of ether oxygens (including phenoxy) is 1. The first-order chi connectivity index (χ1) is 15.1. The summed E-state index contributed by atoms with van der Waals surface area (Å²) in [7, 11) is 0. The van der Waals surface area contributed by atoms with Crippen LogP contribution in [0, 0.1) is 0 Å². The van der Waals surface area contributed by atoms with E-state index in [1.54, 1.807) is 4.57 Å². The molecule has 0 bridgehead atoms. The summed E-state index contributed by atoms with van der Waals surface area (Å²) < 4.78 is 14.5. The van der Waals surface area contributed by atoms with Gasteiger partial charge in [-0.3, -0.25) is 13.8 Å². The molecule has 3 aromatic heterocycles. The smallest absolute Gasteiger partial charge is 0.262 e. The largest absolute Gasteiger partial charge is 0.371 e. The highest BCUT2D eigenvalue weighted by Crippen LogP contribution is 2.25. The summed E-state index contributed by atoms with van der Waals surface area (Å²) in [5.41, 5.74) is 0.757. The number of aryl methyl sites for hydroxylation is 1. The van der Waals surface area contributed by atoms with E-state index in [1.165, 1.54) is 11.8 Å². The molecule has 0 saturated carbocycles. The zero-order valence-corrected chi connectivity index (χ0v) is 18.8. The molecule has 0 aliphatic carbocycles. The molecule has 0 N–H and O–H groups in total. The third-order valence-corrected chi connectivity index (χ3v) is 5.97. The van der Waals surface area contributed by atoms with Crippen molar-refractivity contribution >= 4 is 28.4 Å². The zero-order valence-electron chi connectivity index (χ0n) is 17.9. The highest BCUT2D eigenvalue weighted by Gasteiger charge is 2.18. The van der Waals surface area contributed by atoms with Crippen LogP contribution in [0.3, 0.4) is 0 Å². The minimum atomic E-state index is -0.220. The van der Waals surface area contributed by atoms with Crippen molar-refractivity contribution in [3.63, 3.8) is 0 Å². The second kappa shape index (κ2) is 9.61. The van der Waals surface area contributed by atoms with Gasteiger partial charge in [0.1, 0.15) is 6.10 Å². The Balaban J connectivity index is 1.67. The van der Waals surface area contributed by atoms with Crippen molar-refractivity contribution in [1.29, 1.82) is 0 Å². The molecule has 4 rings (SSSR count). The van der Waals surface area contributed by atoms with Crippen molar-refractivity contribution in [3.05, 3.63) is 46.3 Å². The van der Waals surface area contributed by atoms with Crippen LogP contribution in [0.4, 0.5) is 0 Å². The summed E-state index contributed by atoms with van der Waals surface area (Å²) >= 11 is 1.44. The number of benzene rings is 1. The Morgan fingerprint density at radius 1 is 1.19 bits per heavy atom. The monoisotopic (exact) mass is 442 g/mol. The average molecular weight is 443 g/mol. The van der Waals surface area contributed by atoms with E-state index in [9.17, 15) is 4.79 Å². The number of fused-ring (bicyclic) bond motifs is 3. The van der Waals surface area contributed by atoms with Gasteiger partial charge in [0.15, 0.2) is 11.0 Å². The molecular formula is C21H26N6O3S. The fraction of sp³-hybridized carbons (Fsp3) is 0.476. The number of thioether (sulfide) groups is 1. The van der Waals surface area contributed by atoms with E-state index in [-0.39, 0.29) is 11.7 Å². The first kappa shape index (κ1) is 21.5. The van der Waals surface area contributed by atoms with Gasteiger partial charge >= 0.3 is 0 Å². The van der Waals surface area contributed by atoms with Crippen LogP contribution in [0.25, 0.3) is 16.7 Å². The zero-order chi connectivity index (χ0) is 21.8. The fourth-order valence-corrected chi connectivity index (χ4v) is 4.27. The summed E-state index contributed by atoms with van der Waals surface area (Å²) in [6.45, 7) is 7.16. The van der Waals surface area contributed by atoms with Crippen LogP contribution in [0.2, 0.25) is 0 Å². The van der Waals surface area contributed by atoms with Gasteiger partial charge in [0.2, 0.25) is 11.7 Å². The summed E-state index contributed by atoms with van der Waals surface area (Å²) in [5.74, 6) is 2.01. The Labute approximate surface area is 183 Å². The molecule has 0 spiro atoms. The van der Waals surface area contributed by atoms with Crippen molar-refractivity contribution in [3.8, 4) is 0 Å². The van der Waals surface area contributed by atoms with Crippen LogP contribution in [0.1, 0.15) is 57.9 Å². The van der Waals surface area contributed by atoms with E-state index in [1.807, 2.05) is 42.5 Å². The molecule has 0 fully saturated rings. The number of aromatic nitrogens is 6. The lowest BCUT2D eigenvalue weighted by Gasteiger charge is -2.10. The minimum Gasteiger partial charge on any atom is -0.371 e. The molecule has 10 heteroatoms. The van der Waals surface area contributed by atoms with Gasteiger partial charge in [-0.25, -0.2) is 0 Å². The normalized spacial score (nSPS) is 12.7. The SMILES string of the molecule is CCCCCn1c(=O)c2ccccc2n2c(SCc3nc(C(C)OCC)no3)nnc12. The highest BCUT2D eigenvalue weighted by molar-refractivity contribution is 7.98. The van der Waals surface area contributed by atoms with Gasteiger partial charge in [0.05, 0.1) is 16.7 Å². The minimum absolute atomic E-state index is 0.0328. The quantitative estimate of drug-likeness (QED) is 0.268. The molecule has 0 radical (unpaired) electrons. The van der Waals surface area contributed by atoms with Crippen molar-refractivity contribution in [2.45, 2.75) is 63.6 Å². The fourth-order valence-electron chi connectivity index (χ4n) is 3.49. The molecule has 1 aromatic carbocycles. The number of hydrogen-bond acceptors (Lipinski definition) is 8. The van der Waals surface area contributed by atoms with Gasteiger partial charge in [-0.05, 0) is 32.4 Å². The lowest BCUT2D eigenvalue weighted by molar-refractivity contribution is 0.0683. The van der Waals surface area contributed by atoms with Crippen LogP contribution in [0.15, 0.2) is 38.7 Å². The molecule has 9 nitrogen and oxygen atoms in total. The Kier molecular flexibility index (Phi) is 6.67. The summed E-state index contributed by atoms with van der Waals surface area (Å²) in [5, 5.41) is 14.0. The number of hydrogen-bond donors (Lipinski definition) is 0. The molecule has 0 aliphatic rings. The van der Waals surface area contributed by atoms with Crippen LogP contribution in [-0.2, 0) is 17.0 Å². The molecule has 4 aromatic rings. The molecule has 31 heavy (non-hydrogen) atoms. The lowest BCUT2D eigenvalue weighted by atomic mass is 10.2. The van der Waals surface area contributed by atoms with E-state index in [0.717, 1.165) is 24.8 Å². The maximum absolute atomic E-state index is 13.1. The standard InChI is InChI=1S/C21H26N6O3S/c1-4-6-9-12-26-19(28)15-10-7-8-11-16(15)27-20(26)23-24-21(27)31-13-17-22-18(25-30-17)14(3)29-5-2/h7-8,10-11,14H,4-6,9,12-13H2,1-3H3. The molecule has 164 valence electrons. The van der Waals surface area contributed by atoms with Crippen molar-refractivity contribution in [1.82, 2.24) is 29.3 Å². The van der Waals surface area contributed by atoms with Gasteiger partial charge in [-0.1, -0.05) is 48.8 Å². The molecule has 1 atom stereocenters. The first-order valence-corrected chi connectivity index (χ1v) is 11.6. The van der Waals surface area contributed by atoms with Crippen molar-refractivity contribution in [2.24, 2.45) is 0 Å². The molecule has 0 saturated heterocycles. The maximum atomic E-state index is 13.1.